The Morgan fingerprint density at radius 2 is 2.00 bits per heavy atom. The first-order valence-corrected chi connectivity index (χ1v) is 6.96. The lowest BCUT2D eigenvalue weighted by Crippen LogP contribution is -2.45. The van der Waals surface area contributed by atoms with Crippen LogP contribution in [-0.2, 0) is 0 Å². The zero-order chi connectivity index (χ0) is 17.7. The zero-order valence-electron chi connectivity index (χ0n) is 12.7. The standard InChI is InChI=1S/C15H16FN3O5/c1-9(19(22)15(17)21)8-18-14(20)12-6-7-13(24-12)23-11-4-2-10(16)3-5-11/h2-7,9,22H,8H2,1H3,(H2,17,21)(H,18,20)/t9-/m1/s1. The van der Waals surface area contributed by atoms with Crippen LogP contribution in [0, 0.1) is 5.82 Å². The number of hydrogen-bond donors (Lipinski definition) is 3. The monoisotopic (exact) mass is 337 g/mol. The molecule has 1 aromatic carbocycles. The maximum atomic E-state index is 12.8. The number of furan rings is 1. The number of hydroxylamine groups is 2. The van der Waals surface area contributed by atoms with Gasteiger partial charge in [0.2, 0.25) is 0 Å². The van der Waals surface area contributed by atoms with E-state index in [1.807, 2.05) is 0 Å². The second kappa shape index (κ2) is 7.47. The number of hydrogen-bond acceptors (Lipinski definition) is 5. The molecule has 8 nitrogen and oxygen atoms in total. The number of carbonyl (C=O) groups is 2. The van der Waals surface area contributed by atoms with Crippen molar-refractivity contribution in [1.82, 2.24) is 10.4 Å². The Labute approximate surface area is 136 Å². The lowest BCUT2D eigenvalue weighted by molar-refractivity contribution is -0.0682. The van der Waals surface area contributed by atoms with Crippen LogP contribution in [-0.4, -0.2) is 34.8 Å². The molecule has 2 aromatic rings. The van der Waals surface area contributed by atoms with Gasteiger partial charge in [0, 0.05) is 12.6 Å². The number of nitrogens with zero attached hydrogens (tertiary/aromatic N) is 1. The number of halogens is 1. The van der Waals surface area contributed by atoms with Crippen molar-refractivity contribution in [3.05, 3.63) is 48.0 Å². The number of nitrogens with two attached hydrogens (primary N) is 1. The van der Waals surface area contributed by atoms with E-state index in [2.05, 4.69) is 5.32 Å². The largest absolute Gasteiger partial charge is 0.426 e. The van der Waals surface area contributed by atoms with E-state index in [9.17, 15) is 19.2 Å². The van der Waals surface area contributed by atoms with E-state index in [4.69, 9.17) is 14.9 Å². The smallest absolute Gasteiger partial charge is 0.338 e. The van der Waals surface area contributed by atoms with Crippen molar-refractivity contribution in [2.75, 3.05) is 6.54 Å². The summed E-state index contributed by atoms with van der Waals surface area (Å²) in [5, 5.41) is 12.1. The minimum absolute atomic E-state index is 0.0251. The molecule has 0 aliphatic rings. The van der Waals surface area contributed by atoms with Crippen LogP contribution >= 0.6 is 0 Å². The molecule has 0 fully saturated rings. The molecule has 0 bridgehead atoms. The van der Waals surface area contributed by atoms with Gasteiger partial charge in [-0.3, -0.25) is 10.0 Å². The van der Waals surface area contributed by atoms with E-state index < -0.39 is 23.8 Å². The van der Waals surface area contributed by atoms with Gasteiger partial charge in [-0.1, -0.05) is 0 Å². The fraction of sp³-hybridized carbons (Fsp3) is 0.200. The molecule has 24 heavy (non-hydrogen) atoms. The van der Waals surface area contributed by atoms with Gasteiger partial charge in [-0.2, -0.15) is 0 Å². The summed E-state index contributed by atoms with van der Waals surface area (Å²) in [6, 6.07) is 6.38. The highest BCUT2D eigenvalue weighted by molar-refractivity contribution is 5.91. The summed E-state index contributed by atoms with van der Waals surface area (Å²) in [7, 11) is 0. The van der Waals surface area contributed by atoms with E-state index >= 15 is 0 Å². The predicted octanol–water partition coefficient (Wildman–Crippen LogP) is 2.10. The number of carbonyl (C=O) groups excluding carboxylic acids is 2. The molecule has 1 atom stereocenters. The summed E-state index contributed by atoms with van der Waals surface area (Å²) in [5.74, 6) is -0.578. The van der Waals surface area contributed by atoms with Crippen molar-refractivity contribution in [3.8, 4) is 11.7 Å². The SMILES string of the molecule is C[C@H](CNC(=O)c1ccc(Oc2ccc(F)cc2)o1)N(O)C(N)=O. The van der Waals surface area contributed by atoms with Crippen molar-refractivity contribution in [2.45, 2.75) is 13.0 Å². The molecule has 0 saturated heterocycles. The minimum atomic E-state index is -1.02. The summed E-state index contributed by atoms with van der Waals surface area (Å²) < 4.78 is 23.4. The highest BCUT2D eigenvalue weighted by Gasteiger charge is 2.18. The van der Waals surface area contributed by atoms with Gasteiger partial charge in [-0.25, -0.2) is 14.2 Å². The minimum Gasteiger partial charge on any atom is -0.426 e. The molecule has 3 amide bonds. The molecule has 1 aromatic heterocycles. The number of amides is 3. The molecule has 9 heteroatoms. The quantitative estimate of drug-likeness (QED) is 0.551. The van der Waals surface area contributed by atoms with E-state index in [1.54, 1.807) is 0 Å². The molecular formula is C15H16FN3O5. The van der Waals surface area contributed by atoms with E-state index in [1.165, 1.54) is 43.3 Å². The van der Waals surface area contributed by atoms with Gasteiger partial charge < -0.3 is 20.2 Å². The van der Waals surface area contributed by atoms with Crippen LogP contribution in [0.4, 0.5) is 9.18 Å². The second-order valence-corrected chi connectivity index (χ2v) is 4.92. The van der Waals surface area contributed by atoms with Gasteiger partial charge in [-0.05, 0) is 37.3 Å². The van der Waals surface area contributed by atoms with Crippen molar-refractivity contribution < 1.29 is 28.3 Å². The summed E-state index contributed by atoms with van der Waals surface area (Å²) in [6.45, 7) is 1.46. The summed E-state index contributed by atoms with van der Waals surface area (Å²) in [6.07, 6.45) is 0. The Hall–Kier alpha value is -3.07. The number of ether oxygens (including phenoxy) is 1. The molecule has 0 unspecified atom stereocenters. The van der Waals surface area contributed by atoms with Crippen LogP contribution in [0.15, 0.2) is 40.8 Å². The Morgan fingerprint density at radius 1 is 1.33 bits per heavy atom. The number of rotatable bonds is 6. The first-order valence-electron chi connectivity index (χ1n) is 6.96. The second-order valence-electron chi connectivity index (χ2n) is 4.92. The van der Waals surface area contributed by atoms with Crippen molar-refractivity contribution >= 4 is 11.9 Å². The molecule has 128 valence electrons. The third kappa shape index (κ3) is 4.46. The number of primary amides is 1. The topological polar surface area (TPSA) is 118 Å². The van der Waals surface area contributed by atoms with Gasteiger partial charge in [0.05, 0.1) is 6.04 Å². The lowest BCUT2D eigenvalue weighted by atomic mass is 10.3. The van der Waals surface area contributed by atoms with Crippen LogP contribution in [0.3, 0.4) is 0 Å². The average molecular weight is 337 g/mol. The Kier molecular flexibility index (Phi) is 5.38. The summed E-state index contributed by atoms with van der Waals surface area (Å²) in [5.41, 5.74) is 4.91. The van der Waals surface area contributed by atoms with Gasteiger partial charge in [0.1, 0.15) is 11.6 Å². The molecular weight excluding hydrogens is 321 g/mol. The maximum absolute atomic E-state index is 12.8. The van der Waals surface area contributed by atoms with E-state index in [0.29, 0.717) is 10.8 Å². The zero-order valence-corrected chi connectivity index (χ0v) is 12.7. The van der Waals surface area contributed by atoms with Gasteiger partial charge in [-0.15, -0.1) is 0 Å². The van der Waals surface area contributed by atoms with Gasteiger partial charge >= 0.3 is 6.03 Å². The Balaban J connectivity index is 1.91. The van der Waals surface area contributed by atoms with Crippen LogP contribution in [0.2, 0.25) is 0 Å². The van der Waals surface area contributed by atoms with Crippen LogP contribution < -0.4 is 15.8 Å². The first-order chi connectivity index (χ1) is 11.4. The van der Waals surface area contributed by atoms with Crippen LogP contribution in [0.5, 0.6) is 11.7 Å². The molecule has 0 saturated carbocycles. The van der Waals surface area contributed by atoms with Gasteiger partial charge in [0.15, 0.2) is 5.76 Å². The molecule has 0 aliphatic carbocycles. The predicted molar refractivity (Wildman–Crippen MR) is 80.2 cm³/mol. The molecule has 0 radical (unpaired) electrons. The fourth-order valence-electron chi connectivity index (χ4n) is 1.75. The maximum Gasteiger partial charge on any atom is 0.338 e. The number of benzene rings is 1. The molecule has 0 aliphatic heterocycles. The summed E-state index contributed by atoms with van der Waals surface area (Å²) >= 11 is 0. The molecule has 1 heterocycles. The van der Waals surface area contributed by atoms with E-state index in [0.717, 1.165) is 0 Å². The molecule has 2 rings (SSSR count). The fourth-order valence-corrected chi connectivity index (χ4v) is 1.75. The van der Waals surface area contributed by atoms with Gasteiger partial charge in [0.25, 0.3) is 11.9 Å². The normalized spacial score (nSPS) is 11.6. The Bertz CT molecular complexity index is 716. The highest BCUT2D eigenvalue weighted by Crippen LogP contribution is 2.23. The number of nitrogens with one attached hydrogen (secondary N) is 1. The van der Waals surface area contributed by atoms with Crippen LogP contribution in [0.25, 0.3) is 0 Å². The molecule has 0 spiro atoms. The lowest BCUT2D eigenvalue weighted by Gasteiger charge is -2.20. The van der Waals surface area contributed by atoms with Crippen LogP contribution in [0.1, 0.15) is 17.5 Å². The first kappa shape index (κ1) is 17.3. The third-order valence-corrected chi connectivity index (χ3v) is 3.04. The Morgan fingerprint density at radius 3 is 2.62 bits per heavy atom. The number of urea groups is 1. The highest BCUT2D eigenvalue weighted by atomic mass is 19.1. The third-order valence-electron chi connectivity index (χ3n) is 3.04. The van der Waals surface area contributed by atoms with E-state index in [-0.39, 0.29) is 18.3 Å². The van der Waals surface area contributed by atoms with Crippen molar-refractivity contribution in [1.29, 1.82) is 0 Å². The molecule has 4 N–H and O–H groups in total. The summed E-state index contributed by atoms with van der Waals surface area (Å²) in [4.78, 5) is 22.7. The average Bonchev–Trinajstić information content (AvgIpc) is 3.02. The van der Waals surface area contributed by atoms with Crippen molar-refractivity contribution in [3.63, 3.8) is 0 Å². The van der Waals surface area contributed by atoms with Crippen molar-refractivity contribution in [2.24, 2.45) is 5.73 Å².